The van der Waals surface area contributed by atoms with Crippen molar-refractivity contribution in [2.45, 2.75) is 13.0 Å². The second kappa shape index (κ2) is 9.09. The van der Waals surface area contributed by atoms with Gasteiger partial charge in [-0.1, -0.05) is 6.07 Å². The van der Waals surface area contributed by atoms with Crippen molar-refractivity contribution in [3.8, 4) is 5.75 Å². The lowest BCUT2D eigenvalue weighted by Gasteiger charge is -2.07. The Balaban J connectivity index is 0.00000242. The van der Waals surface area contributed by atoms with Crippen LogP contribution in [0.5, 0.6) is 5.75 Å². The van der Waals surface area contributed by atoms with Crippen molar-refractivity contribution in [3.05, 3.63) is 44.3 Å². The first-order chi connectivity index (χ1) is 10.1. The van der Waals surface area contributed by atoms with Crippen LogP contribution in [0.15, 0.2) is 28.1 Å². The van der Waals surface area contributed by atoms with Gasteiger partial charge in [0.15, 0.2) is 0 Å². The van der Waals surface area contributed by atoms with Crippen LogP contribution in [-0.4, -0.2) is 24.5 Å². The van der Waals surface area contributed by atoms with E-state index in [2.05, 4.69) is 26.2 Å². The third-order valence-electron chi connectivity index (χ3n) is 2.81. The molecule has 0 saturated heterocycles. The Kier molecular flexibility index (Phi) is 7.81. The van der Waals surface area contributed by atoms with Gasteiger partial charge in [-0.2, -0.15) is 0 Å². The molecule has 8 heteroatoms. The Hall–Kier alpha value is -1.15. The smallest absolute Gasteiger partial charge is 0.271 e. The number of nitrogens with zero attached hydrogens (tertiary/aromatic N) is 1. The molecule has 0 aliphatic heterocycles. The van der Waals surface area contributed by atoms with Crippen LogP contribution in [0.1, 0.15) is 21.1 Å². The molecule has 0 spiro atoms. The molecule has 1 amide bonds. The fraction of sp³-hybridized carbons (Fsp3) is 0.286. The Morgan fingerprint density at radius 3 is 2.91 bits per heavy atom. The fourth-order valence-electron chi connectivity index (χ4n) is 1.75. The summed E-state index contributed by atoms with van der Waals surface area (Å²) < 4.78 is 6.02. The molecular weight excluding hydrogens is 390 g/mol. The number of ether oxygens (including phenoxy) is 1. The molecule has 1 heterocycles. The molecule has 0 bridgehead atoms. The van der Waals surface area contributed by atoms with Crippen LogP contribution in [0.4, 0.5) is 0 Å². The van der Waals surface area contributed by atoms with Crippen LogP contribution >= 0.6 is 39.7 Å². The number of carbonyl (C=O) groups is 1. The van der Waals surface area contributed by atoms with E-state index in [1.807, 2.05) is 18.2 Å². The van der Waals surface area contributed by atoms with Crippen LogP contribution in [-0.2, 0) is 13.0 Å². The Morgan fingerprint density at radius 2 is 2.27 bits per heavy atom. The number of thiazole rings is 1. The van der Waals surface area contributed by atoms with E-state index in [0.717, 1.165) is 20.8 Å². The first-order valence-electron chi connectivity index (χ1n) is 6.39. The van der Waals surface area contributed by atoms with E-state index in [0.29, 0.717) is 25.2 Å². The molecule has 0 fully saturated rings. The monoisotopic (exact) mass is 405 g/mol. The van der Waals surface area contributed by atoms with Gasteiger partial charge in [0.1, 0.15) is 11.4 Å². The molecule has 0 atom stereocenters. The Labute approximate surface area is 147 Å². The second-order valence-electron chi connectivity index (χ2n) is 4.32. The molecule has 0 unspecified atom stereocenters. The zero-order valence-corrected chi connectivity index (χ0v) is 15.2. The lowest BCUT2D eigenvalue weighted by atomic mass is 10.2. The molecule has 2 rings (SSSR count). The largest absolute Gasteiger partial charge is 0.496 e. The third-order valence-corrected chi connectivity index (χ3v) is 4.34. The molecule has 22 heavy (non-hydrogen) atoms. The van der Waals surface area contributed by atoms with E-state index in [9.17, 15) is 4.79 Å². The van der Waals surface area contributed by atoms with Gasteiger partial charge in [-0.05, 0) is 40.2 Å². The number of carbonyl (C=O) groups excluding carboxylic acids is 1. The standard InChI is InChI=1S/C14H16BrN3O2S.ClH/c1-20-12-3-2-9(6-10(12)15)7-17-14(19)11-8-21-13(18-11)4-5-16;/h2-3,6,8H,4-5,7,16H2,1H3,(H,17,19);1H. The van der Waals surface area contributed by atoms with Crippen molar-refractivity contribution >= 4 is 45.6 Å². The Morgan fingerprint density at radius 1 is 1.50 bits per heavy atom. The van der Waals surface area contributed by atoms with E-state index in [1.165, 1.54) is 11.3 Å². The van der Waals surface area contributed by atoms with Gasteiger partial charge in [0, 0.05) is 18.3 Å². The highest BCUT2D eigenvalue weighted by atomic mass is 79.9. The van der Waals surface area contributed by atoms with E-state index in [1.54, 1.807) is 12.5 Å². The maximum absolute atomic E-state index is 12.0. The van der Waals surface area contributed by atoms with Gasteiger partial charge >= 0.3 is 0 Å². The summed E-state index contributed by atoms with van der Waals surface area (Å²) in [4.78, 5) is 16.3. The predicted molar refractivity (Wildman–Crippen MR) is 94.0 cm³/mol. The lowest BCUT2D eigenvalue weighted by molar-refractivity contribution is 0.0946. The van der Waals surface area contributed by atoms with Crippen molar-refractivity contribution in [2.24, 2.45) is 5.73 Å². The third kappa shape index (κ3) is 4.95. The molecule has 3 N–H and O–H groups in total. The number of aromatic nitrogens is 1. The summed E-state index contributed by atoms with van der Waals surface area (Å²) >= 11 is 4.88. The van der Waals surface area contributed by atoms with Gasteiger partial charge in [0.05, 0.1) is 16.6 Å². The van der Waals surface area contributed by atoms with E-state index >= 15 is 0 Å². The quantitative estimate of drug-likeness (QED) is 0.773. The molecule has 0 aliphatic carbocycles. The summed E-state index contributed by atoms with van der Waals surface area (Å²) in [5.74, 6) is 0.581. The number of halogens is 2. The van der Waals surface area contributed by atoms with Gasteiger partial charge in [-0.3, -0.25) is 4.79 Å². The highest BCUT2D eigenvalue weighted by molar-refractivity contribution is 9.10. The highest BCUT2D eigenvalue weighted by Crippen LogP contribution is 2.25. The summed E-state index contributed by atoms with van der Waals surface area (Å²) in [6.45, 7) is 0.972. The van der Waals surface area contributed by atoms with E-state index in [4.69, 9.17) is 10.5 Å². The van der Waals surface area contributed by atoms with Crippen LogP contribution in [0.2, 0.25) is 0 Å². The fourth-order valence-corrected chi connectivity index (χ4v) is 3.13. The minimum Gasteiger partial charge on any atom is -0.496 e. The zero-order chi connectivity index (χ0) is 15.2. The van der Waals surface area contributed by atoms with Gasteiger partial charge < -0.3 is 15.8 Å². The predicted octanol–water partition coefficient (Wildman–Crippen LogP) is 2.77. The van der Waals surface area contributed by atoms with Crippen molar-refractivity contribution in [3.63, 3.8) is 0 Å². The summed E-state index contributed by atoms with van der Waals surface area (Å²) in [7, 11) is 1.61. The topological polar surface area (TPSA) is 77.2 Å². The first-order valence-corrected chi connectivity index (χ1v) is 8.06. The van der Waals surface area contributed by atoms with Crippen molar-refractivity contribution < 1.29 is 9.53 Å². The van der Waals surface area contributed by atoms with Crippen LogP contribution in [0, 0.1) is 0 Å². The van der Waals surface area contributed by atoms with Gasteiger partial charge in [-0.25, -0.2) is 4.98 Å². The first kappa shape index (κ1) is 18.9. The highest BCUT2D eigenvalue weighted by Gasteiger charge is 2.10. The average Bonchev–Trinajstić information content (AvgIpc) is 2.94. The molecular formula is C14H17BrClN3O2S. The SMILES string of the molecule is COc1ccc(CNC(=O)c2csc(CCN)n2)cc1Br.Cl. The number of hydrogen-bond donors (Lipinski definition) is 2. The lowest BCUT2D eigenvalue weighted by Crippen LogP contribution is -2.23. The number of hydrogen-bond acceptors (Lipinski definition) is 5. The molecule has 5 nitrogen and oxygen atoms in total. The van der Waals surface area contributed by atoms with Crippen molar-refractivity contribution in [1.82, 2.24) is 10.3 Å². The maximum atomic E-state index is 12.0. The minimum atomic E-state index is -0.179. The van der Waals surface area contributed by atoms with E-state index in [-0.39, 0.29) is 18.3 Å². The van der Waals surface area contributed by atoms with Crippen molar-refractivity contribution in [2.75, 3.05) is 13.7 Å². The van der Waals surface area contributed by atoms with Gasteiger partial charge in [0.2, 0.25) is 0 Å². The maximum Gasteiger partial charge on any atom is 0.271 e. The molecule has 1 aromatic carbocycles. The normalized spacial score (nSPS) is 9.95. The van der Waals surface area contributed by atoms with Gasteiger partial charge in [0.25, 0.3) is 5.91 Å². The molecule has 2 aromatic rings. The van der Waals surface area contributed by atoms with E-state index < -0.39 is 0 Å². The Bertz CT molecular complexity index is 636. The number of rotatable bonds is 6. The summed E-state index contributed by atoms with van der Waals surface area (Å²) in [6.07, 6.45) is 0.698. The molecule has 0 aliphatic rings. The number of benzene rings is 1. The average molecular weight is 407 g/mol. The van der Waals surface area contributed by atoms with Crippen LogP contribution in [0.25, 0.3) is 0 Å². The molecule has 1 aromatic heterocycles. The minimum absolute atomic E-state index is 0. The zero-order valence-electron chi connectivity index (χ0n) is 12.0. The van der Waals surface area contributed by atoms with Crippen LogP contribution < -0.4 is 15.8 Å². The van der Waals surface area contributed by atoms with Crippen molar-refractivity contribution in [1.29, 1.82) is 0 Å². The summed E-state index contributed by atoms with van der Waals surface area (Å²) in [5.41, 5.74) is 6.89. The summed E-state index contributed by atoms with van der Waals surface area (Å²) in [5, 5.41) is 5.49. The van der Waals surface area contributed by atoms with Crippen LogP contribution in [0.3, 0.4) is 0 Å². The number of amides is 1. The molecule has 120 valence electrons. The van der Waals surface area contributed by atoms with Gasteiger partial charge in [-0.15, -0.1) is 23.7 Å². The second-order valence-corrected chi connectivity index (χ2v) is 6.11. The number of nitrogens with two attached hydrogens (primary N) is 1. The number of methoxy groups -OCH3 is 1. The summed E-state index contributed by atoms with van der Waals surface area (Å²) in [6, 6.07) is 5.68. The number of nitrogens with one attached hydrogen (secondary N) is 1. The molecule has 0 radical (unpaired) electrons. The molecule has 0 saturated carbocycles.